The summed E-state index contributed by atoms with van der Waals surface area (Å²) in [5.41, 5.74) is 2.64. The molecule has 3 aromatic carbocycles. The maximum atomic E-state index is 12.2. The second kappa shape index (κ2) is 8.26. The number of hydrogen-bond acceptors (Lipinski definition) is 4. The highest BCUT2D eigenvalue weighted by atomic mass is 16.5. The average molecular weight is 386 g/mol. The van der Waals surface area contributed by atoms with Gasteiger partial charge in [-0.05, 0) is 42.5 Å². The van der Waals surface area contributed by atoms with Gasteiger partial charge in [0.2, 0.25) is 0 Å². The summed E-state index contributed by atoms with van der Waals surface area (Å²) in [6.45, 7) is -0.156. The zero-order valence-corrected chi connectivity index (χ0v) is 15.4. The molecule has 0 fully saturated rings. The lowest BCUT2D eigenvalue weighted by Crippen LogP contribution is -2.20. The fourth-order valence-electron chi connectivity index (χ4n) is 2.82. The standard InChI is InChI=1S/C22H18N4O3/c27-21(24-18-10-9-16-13-23-26-20(16)12-18)14-29-19-8-4-7-17(11-19)25-22(28)15-5-2-1-3-6-15/h1-13H,14H2,(H,23,26)(H,24,27)(H,25,28). The lowest BCUT2D eigenvalue weighted by atomic mass is 10.2. The number of carbonyl (C=O) groups excluding carboxylic acids is 2. The van der Waals surface area contributed by atoms with E-state index in [1.165, 1.54) is 0 Å². The van der Waals surface area contributed by atoms with Crippen molar-refractivity contribution in [2.45, 2.75) is 0 Å². The van der Waals surface area contributed by atoms with Crippen molar-refractivity contribution in [3.63, 3.8) is 0 Å². The van der Waals surface area contributed by atoms with Crippen LogP contribution in [0.4, 0.5) is 11.4 Å². The first kappa shape index (κ1) is 18.2. The van der Waals surface area contributed by atoms with E-state index < -0.39 is 0 Å². The number of H-pyrrole nitrogens is 1. The van der Waals surface area contributed by atoms with Crippen LogP contribution < -0.4 is 15.4 Å². The van der Waals surface area contributed by atoms with E-state index in [0.29, 0.717) is 22.7 Å². The highest BCUT2D eigenvalue weighted by Gasteiger charge is 2.08. The highest BCUT2D eigenvalue weighted by Crippen LogP contribution is 2.19. The Balaban J connectivity index is 1.34. The van der Waals surface area contributed by atoms with Gasteiger partial charge in [-0.25, -0.2) is 0 Å². The molecule has 7 nitrogen and oxygen atoms in total. The fourth-order valence-corrected chi connectivity index (χ4v) is 2.82. The second-order valence-electron chi connectivity index (χ2n) is 6.36. The predicted octanol–water partition coefficient (Wildman–Crippen LogP) is 3.83. The number of benzene rings is 3. The van der Waals surface area contributed by atoms with Crippen LogP contribution in [0.2, 0.25) is 0 Å². The van der Waals surface area contributed by atoms with Gasteiger partial charge in [-0.3, -0.25) is 14.7 Å². The van der Waals surface area contributed by atoms with Gasteiger partial charge < -0.3 is 15.4 Å². The van der Waals surface area contributed by atoms with Gasteiger partial charge in [0.15, 0.2) is 6.61 Å². The number of fused-ring (bicyclic) bond motifs is 1. The molecule has 0 aliphatic heterocycles. The molecule has 144 valence electrons. The molecule has 0 atom stereocenters. The SMILES string of the molecule is O=C(COc1cccc(NC(=O)c2ccccc2)c1)Nc1ccc2cn[nH]c2c1. The third-order valence-corrected chi connectivity index (χ3v) is 4.22. The van der Waals surface area contributed by atoms with Crippen molar-refractivity contribution in [1.82, 2.24) is 10.2 Å². The van der Waals surface area contributed by atoms with Gasteiger partial charge in [0, 0.05) is 28.4 Å². The number of carbonyl (C=O) groups is 2. The van der Waals surface area contributed by atoms with Gasteiger partial charge in [-0.2, -0.15) is 5.10 Å². The van der Waals surface area contributed by atoms with E-state index in [1.54, 1.807) is 66.9 Å². The first-order valence-corrected chi connectivity index (χ1v) is 9.00. The van der Waals surface area contributed by atoms with Crippen molar-refractivity contribution in [3.8, 4) is 5.75 Å². The van der Waals surface area contributed by atoms with Crippen LogP contribution in [-0.4, -0.2) is 28.6 Å². The number of aromatic nitrogens is 2. The Morgan fingerprint density at radius 3 is 2.59 bits per heavy atom. The maximum absolute atomic E-state index is 12.2. The Morgan fingerprint density at radius 2 is 1.72 bits per heavy atom. The summed E-state index contributed by atoms with van der Waals surface area (Å²) in [7, 11) is 0. The molecular formula is C22H18N4O3. The van der Waals surface area contributed by atoms with Crippen LogP contribution in [0, 0.1) is 0 Å². The molecule has 0 spiro atoms. The first-order valence-electron chi connectivity index (χ1n) is 9.00. The maximum Gasteiger partial charge on any atom is 0.262 e. The molecule has 0 saturated heterocycles. The zero-order chi connectivity index (χ0) is 20.1. The number of amides is 2. The van der Waals surface area contributed by atoms with Crippen LogP contribution in [0.3, 0.4) is 0 Å². The Morgan fingerprint density at radius 1 is 0.897 bits per heavy atom. The molecule has 29 heavy (non-hydrogen) atoms. The number of aromatic amines is 1. The summed E-state index contributed by atoms with van der Waals surface area (Å²) in [5.74, 6) is -0.0210. The molecule has 0 bridgehead atoms. The Hall–Kier alpha value is -4.13. The third kappa shape index (κ3) is 4.59. The number of hydrogen-bond donors (Lipinski definition) is 3. The Kier molecular flexibility index (Phi) is 5.20. The van der Waals surface area contributed by atoms with Crippen LogP contribution in [0.25, 0.3) is 10.9 Å². The van der Waals surface area contributed by atoms with Crippen molar-refractivity contribution >= 4 is 34.1 Å². The molecule has 7 heteroatoms. The summed E-state index contributed by atoms with van der Waals surface area (Å²) in [4.78, 5) is 24.4. The third-order valence-electron chi connectivity index (χ3n) is 4.22. The number of anilines is 2. The van der Waals surface area contributed by atoms with Gasteiger partial charge in [-0.1, -0.05) is 24.3 Å². The van der Waals surface area contributed by atoms with Crippen molar-refractivity contribution in [1.29, 1.82) is 0 Å². The van der Waals surface area contributed by atoms with E-state index in [0.717, 1.165) is 10.9 Å². The Bertz CT molecular complexity index is 1150. The summed E-state index contributed by atoms with van der Waals surface area (Å²) in [6.07, 6.45) is 1.72. The van der Waals surface area contributed by atoms with Crippen molar-refractivity contribution in [2.24, 2.45) is 0 Å². The predicted molar refractivity (Wildman–Crippen MR) is 111 cm³/mol. The molecule has 0 aliphatic carbocycles. The molecule has 3 N–H and O–H groups in total. The highest BCUT2D eigenvalue weighted by molar-refractivity contribution is 6.04. The normalized spacial score (nSPS) is 10.5. The van der Waals surface area contributed by atoms with E-state index in [-0.39, 0.29) is 18.4 Å². The van der Waals surface area contributed by atoms with E-state index >= 15 is 0 Å². The molecule has 4 rings (SSSR count). The molecule has 0 aliphatic rings. The molecule has 2 amide bonds. The number of nitrogens with zero attached hydrogens (tertiary/aromatic N) is 1. The quantitative estimate of drug-likeness (QED) is 0.469. The molecular weight excluding hydrogens is 368 g/mol. The zero-order valence-electron chi connectivity index (χ0n) is 15.4. The summed E-state index contributed by atoms with van der Waals surface area (Å²) in [6, 6.07) is 21.3. The fraction of sp³-hybridized carbons (Fsp3) is 0.0455. The lowest BCUT2D eigenvalue weighted by molar-refractivity contribution is -0.118. The molecule has 0 unspecified atom stereocenters. The van der Waals surface area contributed by atoms with Crippen LogP contribution in [-0.2, 0) is 4.79 Å². The van der Waals surface area contributed by atoms with Gasteiger partial charge in [0.05, 0.1) is 11.7 Å². The minimum Gasteiger partial charge on any atom is -0.484 e. The van der Waals surface area contributed by atoms with Gasteiger partial charge in [-0.15, -0.1) is 0 Å². The topological polar surface area (TPSA) is 96.1 Å². The van der Waals surface area contributed by atoms with Crippen LogP contribution in [0.5, 0.6) is 5.75 Å². The molecule has 1 aromatic heterocycles. The van der Waals surface area contributed by atoms with Crippen molar-refractivity contribution in [2.75, 3.05) is 17.2 Å². The summed E-state index contributed by atoms with van der Waals surface area (Å²) in [5, 5.41) is 13.4. The molecule has 4 aromatic rings. The lowest BCUT2D eigenvalue weighted by Gasteiger charge is -2.10. The Labute approximate surface area is 166 Å². The van der Waals surface area contributed by atoms with Crippen LogP contribution in [0.1, 0.15) is 10.4 Å². The van der Waals surface area contributed by atoms with Crippen LogP contribution in [0.15, 0.2) is 79.0 Å². The molecule has 0 radical (unpaired) electrons. The largest absolute Gasteiger partial charge is 0.484 e. The monoisotopic (exact) mass is 386 g/mol. The van der Waals surface area contributed by atoms with Crippen LogP contribution >= 0.6 is 0 Å². The van der Waals surface area contributed by atoms with Gasteiger partial charge in [0.1, 0.15) is 5.75 Å². The summed E-state index contributed by atoms with van der Waals surface area (Å²) >= 11 is 0. The van der Waals surface area contributed by atoms with E-state index in [9.17, 15) is 9.59 Å². The first-order chi connectivity index (χ1) is 14.2. The number of rotatable bonds is 6. The second-order valence-corrected chi connectivity index (χ2v) is 6.36. The minimum absolute atomic E-state index is 0.156. The van der Waals surface area contributed by atoms with E-state index in [4.69, 9.17) is 4.74 Å². The minimum atomic E-state index is -0.289. The number of ether oxygens (including phenoxy) is 1. The molecule has 1 heterocycles. The van der Waals surface area contributed by atoms with Crippen molar-refractivity contribution in [3.05, 3.63) is 84.6 Å². The number of nitrogens with one attached hydrogen (secondary N) is 3. The smallest absolute Gasteiger partial charge is 0.262 e. The van der Waals surface area contributed by atoms with E-state index in [1.807, 2.05) is 12.1 Å². The van der Waals surface area contributed by atoms with Crippen molar-refractivity contribution < 1.29 is 14.3 Å². The van der Waals surface area contributed by atoms with Gasteiger partial charge in [0.25, 0.3) is 11.8 Å². The average Bonchev–Trinajstić information content (AvgIpc) is 3.21. The molecule has 0 saturated carbocycles. The van der Waals surface area contributed by atoms with E-state index in [2.05, 4.69) is 20.8 Å². The summed E-state index contributed by atoms with van der Waals surface area (Å²) < 4.78 is 5.56. The van der Waals surface area contributed by atoms with Gasteiger partial charge >= 0.3 is 0 Å².